The standard InChI is InChI=1S/C45H91N2O6P/c1-7-8-9-10-11-12-13-14-15-16-17-18-19-20-21-22-26-29-32-35-38-45(49)46-43(41-53-54(50,51)52-40-39-47(4,5)6)44(48)37-34-31-28-25-23-24-27-30-33-36-42(2)3/h34,37,42-44,48H,7-33,35-36,38-41H2,1-6H3,(H-,46,49,50,51)/b37-34+/t43-,44+/m0/s1. The average molecular weight is 787 g/mol. The Morgan fingerprint density at radius 3 is 1.56 bits per heavy atom. The Kier molecular flexibility index (Phi) is 36.1. The van der Waals surface area contributed by atoms with Crippen LogP contribution in [0, 0.1) is 5.92 Å². The number of amides is 1. The highest BCUT2D eigenvalue weighted by Gasteiger charge is 2.23. The predicted molar refractivity (Wildman–Crippen MR) is 229 cm³/mol. The number of phosphoric acid groups is 1. The molecular weight excluding hydrogens is 695 g/mol. The quantitative estimate of drug-likeness (QED) is 0.0276. The smallest absolute Gasteiger partial charge is 0.268 e. The maximum absolute atomic E-state index is 12.9. The third-order valence-corrected chi connectivity index (χ3v) is 11.4. The number of likely N-dealkylation sites (N-methyl/N-ethyl adjacent to an activating group) is 1. The third-order valence-electron chi connectivity index (χ3n) is 10.4. The lowest BCUT2D eigenvalue weighted by molar-refractivity contribution is -0.870. The van der Waals surface area contributed by atoms with E-state index in [1.54, 1.807) is 6.08 Å². The van der Waals surface area contributed by atoms with E-state index in [0.717, 1.165) is 44.4 Å². The number of carbonyl (C=O) groups is 1. The molecule has 9 heteroatoms. The van der Waals surface area contributed by atoms with Crippen molar-refractivity contribution in [3.8, 4) is 0 Å². The van der Waals surface area contributed by atoms with Gasteiger partial charge >= 0.3 is 0 Å². The average Bonchev–Trinajstić information content (AvgIpc) is 3.10. The van der Waals surface area contributed by atoms with E-state index < -0.39 is 20.0 Å². The van der Waals surface area contributed by atoms with Gasteiger partial charge in [-0.1, -0.05) is 200 Å². The minimum Gasteiger partial charge on any atom is -0.756 e. The number of aliphatic hydroxyl groups excluding tert-OH is 1. The molecule has 0 spiro atoms. The van der Waals surface area contributed by atoms with Gasteiger partial charge in [0.05, 0.1) is 39.9 Å². The molecule has 1 unspecified atom stereocenters. The van der Waals surface area contributed by atoms with Crippen LogP contribution in [0.3, 0.4) is 0 Å². The minimum absolute atomic E-state index is 0.00114. The fourth-order valence-electron chi connectivity index (χ4n) is 6.75. The molecule has 0 aromatic heterocycles. The van der Waals surface area contributed by atoms with Crippen LogP contribution in [0.1, 0.15) is 213 Å². The Labute approximate surface area is 335 Å². The highest BCUT2D eigenvalue weighted by Crippen LogP contribution is 2.38. The summed E-state index contributed by atoms with van der Waals surface area (Å²) >= 11 is 0. The van der Waals surface area contributed by atoms with E-state index in [9.17, 15) is 19.4 Å². The third kappa shape index (κ3) is 39.5. The van der Waals surface area contributed by atoms with E-state index in [0.29, 0.717) is 17.4 Å². The van der Waals surface area contributed by atoms with Gasteiger partial charge in [-0.3, -0.25) is 9.36 Å². The molecule has 0 rings (SSSR count). The molecule has 0 aromatic carbocycles. The first-order chi connectivity index (χ1) is 25.9. The number of unbranched alkanes of at least 4 members (excludes halogenated alkanes) is 26. The SMILES string of the molecule is CCCCCCCCCCCCCCCCCCCCCCC(=O)N[C@@H](COP(=O)([O-])OCC[N+](C)(C)C)[C@H](O)/C=C/CCCCCCCCCC(C)C. The number of nitrogens with zero attached hydrogens (tertiary/aromatic N) is 1. The number of phosphoric ester groups is 1. The second-order valence-electron chi connectivity index (χ2n) is 17.6. The molecule has 0 fully saturated rings. The van der Waals surface area contributed by atoms with Crippen molar-refractivity contribution < 1.29 is 32.9 Å². The van der Waals surface area contributed by atoms with E-state index in [1.165, 1.54) is 148 Å². The van der Waals surface area contributed by atoms with Gasteiger partial charge < -0.3 is 28.8 Å². The van der Waals surface area contributed by atoms with Crippen LogP contribution in [0.4, 0.5) is 0 Å². The molecule has 1 amide bonds. The summed E-state index contributed by atoms with van der Waals surface area (Å²) in [5.74, 6) is 0.592. The van der Waals surface area contributed by atoms with Crippen LogP contribution < -0.4 is 10.2 Å². The number of hydrogen-bond donors (Lipinski definition) is 2. The molecule has 8 nitrogen and oxygen atoms in total. The molecule has 0 aliphatic carbocycles. The molecule has 0 radical (unpaired) electrons. The summed E-state index contributed by atoms with van der Waals surface area (Å²) in [6.07, 6.45) is 39.8. The second-order valence-corrected chi connectivity index (χ2v) is 19.0. The summed E-state index contributed by atoms with van der Waals surface area (Å²) in [7, 11) is 1.27. The van der Waals surface area contributed by atoms with E-state index in [-0.39, 0.29) is 19.1 Å². The van der Waals surface area contributed by atoms with Crippen LogP contribution in [-0.2, 0) is 18.4 Å². The topological polar surface area (TPSA) is 108 Å². The van der Waals surface area contributed by atoms with Gasteiger partial charge in [-0.25, -0.2) is 0 Å². The zero-order valence-electron chi connectivity index (χ0n) is 36.6. The summed E-state index contributed by atoms with van der Waals surface area (Å²) in [6.45, 7) is 6.97. The van der Waals surface area contributed by atoms with Crippen molar-refractivity contribution in [2.24, 2.45) is 5.92 Å². The molecule has 0 aliphatic rings. The van der Waals surface area contributed by atoms with Gasteiger partial charge in [-0.2, -0.15) is 0 Å². The van der Waals surface area contributed by atoms with Crippen molar-refractivity contribution in [2.45, 2.75) is 226 Å². The van der Waals surface area contributed by atoms with Crippen LogP contribution in [0.25, 0.3) is 0 Å². The summed E-state index contributed by atoms with van der Waals surface area (Å²) in [5, 5.41) is 13.8. The van der Waals surface area contributed by atoms with Crippen LogP contribution in [-0.4, -0.2) is 68.5 Å². The predicted octanol–water partition coefficient (Wildman–Crippen LogP) is 12.0. The van der Waals surface area contributed by atoms with Crippen LogP contribution in [0.2, 0.25) is 0 Å². The van der Waals surface area contributed by atoms with Gasteiger partial charge in [0.1, 0.15) is 13.2 Å². The number of rotatable bonds is 41. The number of hydrogen-bond acceptors (Lipinski definition) is 6. The van der Waals surface area contributed by atoms with Gasteiger partial charge in [0, 0.05) is 6.42 Å². The Bertz CT molecular complexity index is 909. The zero-order valence-corrected chi connectivity index (χ0v) is 37.5. The fraction of sp³-hybridized carbons (Fsp3) is 0.933. The molecule has 0 bridgehead atoms. The molecule has 2 N–H and O–H groups in total. The molecule has 322 valence electrons. The van der Waals surface area contributed by atoms with E-state index in [2.05, 4.69) is 26.1 Å². The van der Waals surface area contributed by atoms with Crippen molar-refractivity contribution >= 4 is 13.7 Å². The number of aliphatic hydroxyl groups is 1. The Balaban J connectivity index is 4.30. The lowest BCUT2D eigenvalue weighted by Crippen LogP contribution is -2.45. The van der Waals surface area contributed by atoms with Gasteiger partial charge in [0.25, 0.3) is 7.82 Å². The van der Waals surface area contributed by atoms with Gasteiger partial charge in [0.2, 0.25) is 5.91 Å². The van der Waals surface area contributed by atoms with Crippen molar-refractivity contribution in [3.05, 3.63) is 12.2 Å². The maximum Gasteiger partial charge on any atom is 0.268 e. The Morgan fingerprint density at radius 2 is 1.11 bits per heavy atom. The molecule has 0 aliphatic heterocycles. The fourth-order valence-corrected chi connectivity index (χ4v) is 7.47. The number of nitrogens with one attached hydrogen (secondary N) is 1. The van der Waals surface area contributed by atoms with Gasteiger partial charge in [0.15, 0.2) is 0 Å². The Hall–Kier alpha value is -0.760. The molecule has 0 heterocycles. The molecule has 3 atom stereocenters. The van der Waals surface area contributed by atoms with Gasteiger partial charge in [-0.15, -0.1) is 0 Å². The van der Waals surface area contributed by atoms with Crippen LogP contribution in [0.5, 0.6) is 0 Å². The zero-order chi connectivity index (χ0) is 40.2. The van der Waals surface area contributed by atoms with Crippen molar-refractivity contribution in [1.29, 1.82) is 0 Å². The maximum atomic E-state index is 12.9. The monoisotopic (exact) mass is 787 g/mol. The largest absolute Gasteiger partial charge is 0.756 e. The highest BCUT2D eigenvalue weighted by atomic mass is 31.2. The first-order valence-electron chi connectivity index (χ1n) is 22.9. The van der Waals surface area contributed by atoms with Crippen molar-refractivity contribution in [3.63, 3.8) is 0 Å². The number of carbonyl (C=O) groups excluding carboxylic acids is 1. The number of allylic oxidation sites excluding steroid dienone is 1. The van der Waals surface area contributed by atoms with Crippen LogP contribution in [0.15, 0.2) is 12.2 Å². The molecule has 0 saturated carbocycles. The first-order valence-corrected chi connectivity index (χ1v) is 24.4. The van der Waals surface area contributed by atoms with Crippen LogP contribution >= 0.6 is 7.82 Å². The van der Waals surface area contributed by atoms with Crippen molar-refractivity contribution in [2.75, 3.05) is 40.9 Å². The highest BCUT2D eigenvalue weighted by molar-refractivity contribution is 7.45. The van der Waals surface area contributed by atoms with Gasteiger partial charge in [-0.05, 0) is 25.2 Å². The van der Waals surface area contributed by atoms with E-state index in [4.69, 9.17) is 9.05 Å². The lowest BCUT2D eigenvalue weighted by Gasteiger charge is -2.29. The van der Waals surface area contributed by atoms with E-state index >= 15 is 0 Å². The number of quaternary nitrogens is 1. The summed E-state index contributed by atoms with van der Waals surface area (Å²) in [4.78, 5) is 25.3. The molecule has 0 saturated heterocycles. The summed E-state index contributed by atoms with van der Waals surface area (Å²) in [6, 6.07) is -0.881. The molecular formula is C45H91N2O6P. The normalized spacial score (nSPS) is 14.5. The second kappa shape index (κ2) is 36.6. The lowest BCUT2D eigenvalue weighted by atomic mass is 10.0. The van der Waals surface area contributed by atoms with E-state index in [1.807, 2.05) is 27.2 Å². The Morgan fingerprint density at radius 1 is 0.685 bits per heavy atom. The first kappa shape index (κ1) is 53.2. The molecule has 54 heavy (non-hydrogen) atoms. The summed E-state index contributed by atoms with van der Waals surface area (Å²) in [5.41, 5.74) is 0. The molecule has 0 aromatic rings. The summed E-state index contributed by atoms with van der Waals surface area (Å²) < 4.78 is 23.2. The van der Waals surface area contributed by atoms with Crippen molar-refractivity contribution in [1.82, 2.24) is 5.32 Å². The minimum atomic E-state index is -4.58.